The van der Waals surface area contributed by atoms with Crippen LogP contribution in [0.25, 0.3) is 0 Å². The van der Waals surface area contributed by atoms with Crippen molar-refractivity contribution in [3.8, 4) is 0 Å². The van der Waals surface area contributed by atoms with Gasteiger partial charge in [-0.2, -0.15) is 0 Å². The zero-order chi connectivity index (χ0) is 12.2. The van der Waals surface area contributed by atoms with Crippen molar-refractivity contribution < 1.29 is 0 Å². The van der Waals surface area contributed by atoms with E-state index in [1.165, 1.54) is 25.7 Å². The van der Waals surface area contributed by atoms with E-state index in [1.807, 2.05) is 0 Å². The second-order valence-electron chi connectivity index (χ2n) is 7.67. The Morgan fingerprint density at radius 3 is 1.28 bits per heavy atom. The Labute approximate surface area is 114 Å². The molecule has 18 heavy (non-hydrogen) atoms. The maximum Gasteiger partial charge on any atom is -0.0409 e. The molecule has 3 aliphatic carbocycles. The van der Waals surface area contributed by atoms with Gasteiger partial charge in [0.05, 0.1) is 0 Å². The Hall–Kier alpha value is 0. The highest BCUT2D eigenvalue weighted by Gasteiger charge is 2.28. The van der Waals surface area contributed by atoms with Crippen LogP contribution in [0.5, 0.6) is 0 Å². The van der Waals surface area contributed by atoms with Crippen LogP contribution in [0.4, 0.5) is 0 Å². The molecular weight excluding hydrogens is 216 g/mol. The Bertz CT molecular complexity index is 208. The SMILES string of the molecule is C1CCC(CC2CCCC(CC3CCCC3)C2)C1. The van der Waals surface area contributed by atoms with Gasteiger partial charge in [0.2, 0.25) is 0 Å². The van der Waals surface area contributed by atoms with E-state index in [0.29, 0.717) is 0 Å². The summed E-state index contributed by atoms with van der Waals surface area (Å²) < 4.78 is 0. The van der Waals surface area contributed by atoms with Crippen LogP contribution in [0, 0.1) is 23.7 Å². The minimum atomic E-state index is 1.12. The molecule has 3 saturated carbocycles. The molecule has 3 fully saturated rings. The third kappa shape index (κ3) is 3.52. The van der Waals surface area contributed by atoms with Crippen LogP contribution in [0.1, 0.15) is 89.9 Å². The molecule has 0 N–H and O–H groups in total. The molecular formula is C18H32. The van der Waals surface area contributed by atoms with Gasteiger partial charge in [0.15, 0.2) is 0 Å². The van der Waals surface area contributed by atoms with Gasteiger partial charge in [-0.25, -0.2) is 0 Å². The van der Waals surface area contributed by atoms with Gasteiger partial charge >= 0.3 is 0 Å². The summed E-state index contributed by atoms with van der Waals surface area (Å²) in [6.07, 6.45) is 21.8. The maximum atomic E-state index is 1.60. The van der Waals surface area contributed by atoms with Crippen LogP contribution in [-0.2, 0) is 0 Å². The molecule has 0 aromatic rings. The predicted molar refractivity (Wildman–Crippen MR) is 78.6 cm³/mol. The monoisotopic (exact) mass is 248 g/mol. The highest BCUT2D eigenvalue weighted by Crippen LogP contribution is 2.41. The summed E-state index contributed by atoms with van der Waals surface area (Å²) in [5.74, 6) is 4.49. The molecule has 0 amide bonds. The van der Waals surface area contributed by atoms with E-state index < -0.39 is 0 Å². The van der Waals surface area contributed by atoms with E-state index in [1.54, 1.807) is 64.2 Å². The Balaban J connectivity index is 1.42. The summed E-state index contributed by atoms with van der Waals surface area (Å²) in [6, 6.07) is 0. The fourth-order valence-corrected chi connectivity index (χ4v) is 5.27. The molecule has 0 radical (unpaired) electrons. The molecule has 0 saturated heterocycles. The van der Waals surface area contributed by atoms with Crippen molar-refractivity contribution in [1.29, 1.82) is 0 Å². The van der Waals surface area contributed by atoms with Gasteiger partial charge in [-0.15, -0.1) is 0 Å². The van der Waals surface area contributed by atoms with Crippen molar-refractivity contribution in [2.45, 2.75) is 89.9 Å². The lowest BCUT2D eigenvalue weighted by atomic mass is 9.74. The summed E-state index contributed by atoms with van der Waals surface area (Å²) in [5, 5.41) is 0. The minimum Gasteiger partial charge on any atom is -0.0530 e. The van der Waals surface area contributed by atoms with Gasteiger partial charge in [0.1, 0.15) is 0 Å². The van der Waals surface area contributed by atoms with Crippen molar-refractivity contribution in [3.05, 3.63) is 0 Å². The normalized spacial score (nSPS) is 35.3. The number of hydrogen-bond donors (Lipinski definition) is 0. The summed E-state index contributed by atoms with van der Waals surface area (Å²) in [6.45, 7) is 0. The van der Waals surface area contributed by atoms with E-state index in [-0.39, 0.29) is 0 Å². The van der Waals surface area contributed by atoms with Crippen LogP contribution in [0.2, 0.25) is 0 Å². The molecule has 0 aliphatic heterocycles. The molecule has 0 heterocycles. The lowest BCUT2D eigenvalue weighted by Gasteiger charge is -2.32. The molecule has 0 aromatic heterocycles. The highest BCUT2D eigenvalue weighted by molar-refractivity contribution is 4.80. The molecule has 0 aromatic carbocycles. The second-order valence-corrected chi connectivity index (χ2v) is 7.67. The summed E-state index contributed by atoms with van der Waals surface area (Å²) in [5.41, 5.74) is 0. The third-order valence-electron chi connectivity index (χ3n) is 6.17. The van der Waals surface area contributed by atoms with Gasteiger partial charge < -0.3 is 0 Å². The molecule has 2 unspecified atom stereocenters. The molecule has 0 heteroatoms. The van der Waals surface area contributed by atoms with Crippen LogP contribution in [0.3, 0.4) is 0 Å². The quantitative estimate of drug-likeness (QED) is 0.576. The molecule has 0 nitrogen and oxygen atoms in total. The summed E-state index contributed by atoms with van der Waals surface area (Å²) in [4.78, 5) is 0. The van der Waals surface area contributed by atoms with Gasteiger partial charge in [0, 0.05) is 0 Å². The van der Waals surface area contributed by atoms with Crippen molar-refractivity contribution in [3.63, 3.8) is 0 Å². The topological polar surface area (TPSA) is 0 Å². The first-order valence-corrected chi connectivity index (χ1v) is 8.90. The van der Waals surface area contributed by atoms with Crippen molar-refractivity contribution >= 4 is 0 Å². The summed E-state index contributed by atoms with van der Waals surface area (Å²) >= 11 is 0. The first-order valence-electron chi connectivity index (χ1n) is 8.90. The Kier molecular flexibility index (Phi) is 4.65. The van der Waals surface area contributed by atoms with Gasteiger partial charge in [0.25, 0.3) is 0 Å². The predicted octanol–water partition coefficient (Wildman–Crippen LogP) is 5.95. The lowest BCUT2D eigenvalue weighted by Crippen LogP contribution is -2.19. The average molecular weight is 248 g/mol. The van der Waals surface area contributed by atoms with Gasteiger partial charge in [-0.1, -0.05) is 70.6 Å². The average Bonchev–Trinajstić information content (AvgIpc) is 3.03. The molecule has 2 atom stereocenters. The molecule has 0 spiro atoms. The van der Waals surface area contributed by atoms with Gasteiger partial charge in [-0.05, 0) is 42.9 Å². The van der Waals surface area contributed by atoms with Crippen molar-refractivity contribution in [1.82, 2.24) is 0 Å². The van der Waals surface area contributed by atoms with E-state index in [9.17, 15) is 0 Å². The fourth-order valence-electron chi connectivity index (χ4n) is 5.27. The van der Waals surface area contributed by atoms with E-state index >= 15 is 0 Å². The van der Waals surface area contributed by atoms with Crippen molar-refractivity contribution in [2.75, 3.05) is 0 Å². The molecule has 3 rings (SSSR count). The second kappa shape index (κ2) is 6.44. The zero-order valence-corrected chi connectivity index (χ0v) is 12.2. The summed E-state index contributed by atoms with van der Waals surface area (Å²) in [7, 11) is 0. The Morgan fingerprint density at radius 1 is 0.444 bits per heavy atom. The number of rotatable bonds is 4. The standard InChI is InChI=1S/C18H32/c1-2-7-15(6-1)12-17-10-5-11-18(14-17)13-16-8-3-4-9-16/h15-18H,1-14H2. The lowest BCUT2D eigenvalue weighted by molar-refractivity contribution is 0.200. The van der Waals surface area contributed by atoms with Crippen LogP contribution >= 0.6 is 0 Å². The van der Waals surface area contributed by atoms with Crippen molar-refractivity contribution in [2.24, 2.45) is 23.7 Å². The van der Waals surface area contributed by atoms with Gasteiger partial charge in [-0.3, -0.25) is 0 Å². The van der Waals surface area contributed by atoms with Crippen LogP contribution in [0.15, 0.2) is 0 Å². The first kappa shape index (κ1) is 13.0. The third-order valence-corrected chi connectivity index (χ3v) is 6.17. The van der Waals surface area contributed by atoms with E-state index in [0.717, 1.165) is 23.7 Å². The number of hydrogen-bond acceptors (Lipinski definition) is 0. The van der Waals surface area contributed by atoms with E-state index in [4.69, 9.17) is 0 Å². The van der Waals surface area contributed by atoms with Crippen LogP contribution in [-0.4, -0.2) is 0 Å². The smallest absolute Gasteiger partial charge is 0.0409 e. The minimum absolute atomic E-state index is 1.12. The first-order chi connectivity index (χ1) is 8.90. The Morgan fingerprint density at radius 2 is 0.833 bits per heavy atom. The largest absolute Gasteiger partial charge is 0.0530 e. The van der Waals surface area contributed by atoms with E-state index in [2.05, 4.69) is 0 Å². The molecule has 104 valence electrons. The maximum absolute atomic E-state index is 1.60. The highest BCUT2D eigenvalue weighted by atomic mass is 14.3. The zero-order valence-electron chi connectivity index (χ0n) is 12.2. The van der Waals surface area contributed by atoms with Crippen LogP contribution < -0.4 is 0 Å². The molecule has 3 aliphatic rings. The fraction of sp³-hybridized carbons (Fsp3) is 1.00. The molecule has 0 bridgehead atoms.